The summed E-state index contributed by atoms with van der Waals surface area (Å²) in [6.07, 6.45) is 0. The van der Waals surface area contributed by atoms with Crippen molar-refractivity contribution in [2.75, 3.05) is 5.75 Å². The second kappa shape index (κ2) is 4.53. The highest BCUT2D eigenvalue weighted by atomic mass is 35.5. The maximum absolute atomic E-state index is 11.0. The Balaban J connectivity index is 3.10. The molecule has 0 saturated heterocycles. The van der Waals surface area contributed by atoms with Gasteiger partial charge >= 0.3 is 0 Å². The van der Waals surface area contributed by atoms with Gasteiger partial charge in [-0.2, -0.15) is 0 Å². The number of nitrogens with two attached hydrogens (primary N) is 1. The van der Waals surface area contributed by atoms with Gasteiger partial charge in [-0.05, 0) is 24.0 Å². The van der Waals surface area contributed by atoms with E-state index in [1.807, 2.05) is 6.92 Å². The Bertz CT molecular complexity index is 327. The fourth-order valence-corrected chi connectivity index (χ4v) is 2.06. The maximum Gasteiger partial charge on any atom is 0.249 e. The molecule has 0 unspecified atom stereocenters. The number of thioether (sulfide) groups is 1. The fraction of sp³-hybridized carbons (Fsp3) is 0.222. The van der Waals surface area contributed by atoms with Gasteiger partial charge in [-0.25, -0.2) is 0 Å². The molecule has 2 N–H and O–H groups in total. The van der Waals surface area contributed by atoms with Gasteiger partial charge in [0.2, 0.25) is 5.91 Å². The van der Waals surface area contributed by atoms with Crippen molar-refractivity contribution in [3.63, 3.8) is 0 Å². The highest BCUT2D eigenvalue weighted by Crippen LogP contribution is 2.25. The Morgan fingerprint density at radius 3 is 2.85 bits per heavy atom. The van der Waals surface area contributed by atoms with E-state index in [4.69, 9.17) is 17.3 Å². The van der Waals surface area contributed by atoms with Gasteiger partial charge in [0.25, 0.3) is 0 Å². The summed E-state index contributed by atoms with van der Waals surface area (Å²) >= 11 is 7.35. The number of hydrogen-bond acceptors (Lipinski definition) is 2. The summed E-state index contributed by atoms with van der Waals surface area (Å²) in [4.78, 5) is 11.8. The third-order valence-corrected chi connectivity index (χ3v) is 2.68. The smallest absolute Gasteiger partial charge is 0.249 e. The first-order chi connectivity index (χ1) is 6.15. The lowest BCUT2D eigenvalue weighted by molar-refractivity contribution is 0.0997. The predicted octanol–water partition coefficient (Wildman–Crippen LogP) is 2.55. The Labute approximate surface area is 86.5 Å². The SMILES string of the molecule is CCSc1cc(Cl)ccc1C(N)=O. The van der Waals surface area contributed by atoms with E-state index in [-0.39, 0.29) is 0 Å². The van der Waals surface area contributed by atoms with E-state index in [2.05, 4.69) is 0 Å². The summed E-state index contributed by atoms with van der Waals surface area (Å²) in [6.45, 7) is 2.01. The Hall–Kier alpha value is -0.670. The Morgan fingerprint density at radius 2 is 2.31 bits per heavy atom. The summed E-state index contributed by atoms with van der Waals surface area (Å²) in [7, 11) is 0. The molecule has 1 amide bonds. The first kappa shape index (κ1) is 10.4. The van der Waals surface area contributed by atoms with Crippen molar-refractivity contribution < 1.29 is 4.79 Å². The lowest BCUT2D eigenvalue weighted by Crippen LogP contribution is -2.12. The molecule has 4 heteroatoms. The molecular formula is C9H10ClNOS. The summed E-state index contributed by atoms with van der Waals surface area (Å²) < 4.78 is 0. The van der Waals surface area contributed by atoms with E-state index in [1.165, 1.54) is 0 Å². The van der Waals surface area contributed by atoms with E-state index >= 15 is 0 Å². The minimum absolute atomic E-state index is 0.410. The molecule has 70 valence electrons. The van der Waals surface area contributed by atoms with Crippen LogP contribution in [0.2, 0.25) is 5.02 Å². The van der Waals surface area contributed by atoms with Crippen LogP contribution in [0, 0.1) is 0 Å². The van der Waals surface area contributed by atoms with Crippen molar-refractivity contribution in [2.45, 2.75) is 11.8 Å². The molecule has 0 aliphatic heterocycles. The predicted molar refractivity (Wildman–Crippen MR) is 56.4 cm³/mol. The molecule has 0 aliphatic rings. The molecule has 0 aliphatic carbocycles. The fourth-order valence-electron chi connectivity index (χ4n) is 0.975. The van der Waals surface area contributed by atoms with Crippen molar-refractivity contribution in [1.82, 2.24) is 0 Å². The van der Waals surface area contributed by atoms with E-state index in [0.29, 0.717) is 10.6 Å². The highest BCUT2D eigenvalue weighted by Gasteiger charge is 2.07. The van der Waals surface area contributed by atoms with Crippen LogP contribution in [0.5, 0.6) is 0 Å². The van der Waals surface area contributed by atoms with Gasteiger partial charge in [0, 0.05) is 9.92 Å². The number of carbonyl (C=O) groups excluding carboxylic acids is 1. The van der Waals surface area contributed by atoms with Crippen LogP contribution in [-0.4, -0.2) is 11.7 Å². The molecule has 1 rings (SSSR count). The molecule has 0 radical (unpaired) electrons. The highest BCUT2D eigenvalue weighted by molar-refractivity contribution is 7.99. The number of benzene rings is 1. The Kier molecular flexibility index (Phi) is 3.63. The first-order valence-corrected chi connectivity index (χ1v) is 5.23. The van der Waals surface area contributed by atoms with Gasteiger partial charge in [0.15, 0.2) is 0 Å². The standard InChI is InChI=1S/C9H10ClNOS/c1-2-13-8-5-6(10)3-4-7(8)9(11)12/h3-5H,2H2,1H3,(H2,11,12). The van der Waals surface area contributed by atoms with Crippen molar-refractivity contribution in [3.05, 3.63) is 28.8 Å². The molecule has 2 nitrogen and oxygen atoms in total. The number of amides is 1. The summed E-state index contributed by atoms with van der Waals surface area (Å²) in [5, 5.41) is 0.626. The molecule has 0 spiro atoms. The van der Waals surface area contributed by atoms with Gasteiger partial charge < -0.3 is 5.73 Å². The van der Waals surface area contributed by atoms with Gasteiger partial charge in [0.05, 0.1) is 5.56 Å². The van der Waals surface area contributed by atoms with E-state index < -0.39 is 5.91 Å². The topological polar surface area (TPSA) is 43.1 Å². The molecule has 0 fully saturated rings. The molecule has 0 bridgehead atoms. The molecule has 0 atom stereocenters. The molecule has 13 heavy (non-hydrogen) atoms. The molecule has 0 aromatic heterocycles. The normalized spacial score (nSPS) is 10.0. The van der Waals surface area contributed by atoms with Crippen molar-refractivity contribution in [1.29, 1.82) is 0 Å². The summed E-state index contributed by atoms with van der Waals surface area (Å²) in [6, 6.07) is 5.08. The van der Waals surface area contributed by atoms with Crippen LogP contribution in [0.3, 0.4) is 0 Å². The second-order valence-corrected chi connectivity index (χ2v) is 4.18. The average molecular weight is 216 g/mol. The molecule has 1 aromatic rings. The third kappa shape index (κ3) is 2.64. The summed E-state index contributed by atoms with van der Waals surface area (Å²) in [5.74, 6) is 0.480. The molecular weight excluding hydrogens is 206 g/mol. The average Bonchev–Trinajstić information content (AvgIpc) is 2.04. The minimum Gasteiger partial charge on any atom is -0.366 e. The van der Waals surface area contributed by atoms with Crippen LogP contribution in [0.4, 0.5) is 0 Å². The zero-order valence-electron chi connectivity index (χ0n) is 7.21. The van der Waals surface area contributed by atoms with Crippen molar-refractivity contribution in [2.24, 2.45) is 5.73 Å². The lowest BCUT2D eigenvalue weighted by atomic mass is 10.2. The third-order valence-electron chi connectivity index (χ3n) is 1.51. The monoisotopic (exact) mass is 215 g/mol. The van der Waals surface area contributed by atoms with Gasteiger partial charge in [0.1, 0.15) is 0 Å². The van der Waals surface area contributed by atoms with Gasteiger partial charge in [-0.3, -0.25) is 4.79 Å². The minimum atomic E-state index is -0.410. The number of halogens is 1. The van der Waals surface area contributed by atoms with E-state index in [9.17, 15) is 4.79 Å². The Morgan fingerprint density at radius 1 is 1.62 bits per heavy atom. The van der Waals surface area contributed by atoms with Crippen LogP contribution in [0.1, 0.15) is 17.3 Å². The number of hydrogen-bond donors (Lipinski definition) is 1. The van der Waals surface area contributed by atoms with Crippen LogP contribution in [-0.2, 0) is 0 Å². The number of rotatable bonds is 3. The molecule has 0 saturated carbocycles. The van der Waals surface area contributed by atoms with Crippen LogP contribution < -0.4 is 5.73 Å². The second-order valence-electron chi connectivity index (χ2n) is 2.44. The maximum atomic E-state index is 11.0. The van der Waals surface area contributed by atoms with Crippen LogP contribution in [0.15, 0.2) is 23.1 Å². The lowest BCUT2D eigenvalue weighted by Gasteiger charge is -2.04. The first-order valence-electron chi connectivity index (χ1n) is 3.87. The molecule has 0 heterocycles. The number of carbonyl (C=O) groups is 1. The molecule has 1 aromatic carbocycles. The van der Waals surface area contributed by atoms with Crippen molar-refractivity contribution >= 4 is 29.3 Å². The van der Waals surface area contributed by atoms with Crippen LogP contribution >= 0.6 is 23.4 Å². The van der Waals surface area contributed by atoms with Crippen molar-refractivity contribution in [3.8, 4) is 0 Å². The largest absolute Gasteiger partial charge is 0.366 e. The zero-order chi connectivity index (χ0) is 9.84. The summed E-state index contributed by atoms with van der Waals surface area (Å²) in [5.41, 5.74) is 5.74. The van der Waals surface area contributed by atoms with E-state index in [1.54, 1.807) is 30.0 Å². The van der Waals surface area contributed by atoms with E-state index in [0.717, 1.165) is 10.6 Å². The van der Waals surface area contributed by atoms with Gasteiger partial charge in [-0.15, -0.1) is 11.8 Å². The van der Waals surface area contributed by atoms with Gasteiger partial charge in [-0.1, -0.05) is 18.5 Å². The quantitative estimate of drug-likeness (QED) is 0.788. The van der Waals surface area contributed by atoms with Crippen LogP contribution in [0.25, 0.3) is 0 Å². The zero-order valence-corrected chi connectivity index (χ0v) is 8.78. The number of primary amides is 1.